The van der Waals surface area contributed by atoms with E-state index in [9.17, 15) is 0 Å². The first-order chi connectivity index (χ1) is 11.3. The third kappa shape index (κ3) is 3.28. The minimum Gasteiger partial charge on any atom is -0.361 e. The molecule has 2 aromatic rings. The van der Waals surface area contributed by atoms with E-state index in [0.717, 1.165) is 42.8 Å². The summed E-state index contributed by atoms with van der Waals surface area (Å²) in [5, 5.41) is 7.34. The number of rotatable bonds is 6. The Hall–Kier alpha value is -2.18. The van der Waals surface area contributed by atoms with Crippen molar-refractivity contribution >= 4 is 11.8 Å². The zero-order chi connectivity index (χ0) is 15.6. The van der Waals surface area contributed by atoms with E-state index in [0.29, 0.717) is 18.4 Å². The van der Waals surface area contributed by atoms with Crippen molar-refractivity contribution in [3.8, 4) is 0 Å². The Balaban J connectivity index is 1.46. The van der Waals surface area contributed by atoms with Gasteiger partial charge in [0, 0.05) is 30.8 Å². The Morgan fingerprint density at radius 1 is 1.22 bits per heavy atom. The maximum Gasteiger partial charge on any atom is 0.245 e. The van der Waals surface area contributed by atoms with Crippen molar-refractivity contribution in [3.63, 3.8) is 0 Å². The first-order valence-electron chi connectivity index (χ1n) is 8.51. The van der Waals surface area contributed by atoms with E-state index < -0.39 is 0 Å². The van der Waals surface area contributed by atoms with E-state index in [1.807, 2.05) is 6.07 Å². The molecule has 0 unspecified atom stereocenters. The van der Waals surface area contributed by atoms with Crippen LogP contribution in [0.25, 0.3) is 0 Å². The molecule has 1 N–H and O–H groups in total. The number of nitrogens with zero attached hydrogens (tertiary/aromatic N) is 5. The Morgan fingerprint density at radius 3 is 2.78 bits per heavy atom. The van der Waals surface area contributed by atoms with E-state index in [4.69, 9.17) is 4.52 Å². The highest BCUT2D eigenvalue weighted by Crippen LogP contribution is 2.38. The maximum absolute atomic E-state index is 5.30. The fraction of sp³-hybridized carbons (Fsp3) is 0.625. The highest BCUT2D eigenvalue weighted by molar-refractivity contribution is 5.44. The molecule has 0 atom stereocenters. The smallest absolute Gasteiger partial charge is 0.245 e. The Kier molecular flexibility index (Phi) is 3.85. The summed E-state index contributed by atoms with van der Waals surface area (Å²) < 4.78 is 5.30. The van der Waals surface area contributed by atoms with Crippen LogP contribution in [0.3, 0.4) is 0 Å². The van der Waals surface area contributed by atoms with Crippen LogP contribution in [0.1, 0.15) is 55.9 Å². The highest BCUT2D eigenvalue weighted by Gasteiger charge is 2.28. The van der Waals surface area contributed by atoms with Gasteiger partial charge in [-0.1, -0.05) is 12.1 Å². The van der Waals surface area contributed by atoms with Gasteiger partial charge in [-0.15, -0.1) is 0 Å². The molecule has 122 valence electrons. The molecular weight excluding hydrogens is 292 g/mol. The molecule has 1 saturated carbocycles. The van der Waals surface area contributed by atoms with Crippen LogP contribution in [0.15, 0.2) is 10.6 Å². The quantitative estimate of drug-likeness (QED) is 0.877. The van der Waals surface area contributed by atoms with Gasteiger partial charge in [-0.2, -0.15) is 9.97 Å². The molecule has 1 aliphatic heterocycles. The van der Waals surface area contributed by atoms with Gasteiger partial charge >= 0.3 is 0 Å². The van der Waals surface area contributed by atoms with Crippen molar-refractivity contribution in [2.45, 2.75) is 51.5 Å². The molecule has 1 saturated heterocycles. The Morgan fingerprint density at radius 2 is 2.04 bits per heavy atom. The summed E-state index contributed by atoms with van der Waals surface area (Å²) >= 11 is 0. The topological polar surface area (TPSA) is 80.0 Å². The summed E-state index contributed by atoms with van der Waals surface area (Å²) in [4.78, 5) is 16.0. The number of anilines is 2. The molecule has 2 fully saturated rings. The largest absolute Gasteiger partial charge is 0.361 e. The van der Waals surface area contributed by atoms with E-state index in [1.165, 1.54) is 25.7 Å². The van der Waals surface area contributed by atoms with Crippen molar-refractivity contribution in [1.29, 1.82) is 0 Å². The number of hydrogen-bond acceptors (Lipinski definition) is 7. The van der Waals surface area contributed by atoms with Gasteiger partial charge in [-0.3, -0.25) is 0 Å². The number of nitrogens with one attached hydrogen (secondary N) is 1. The molecule has 7 heteroatoms. The van der Waals surface area contributed by atoms with Crippen molar-refractivity contribution < 1.29 is 4.52 Å². The second kappa shape index (κ2) is 6.14. The minimum atomic E-state index is 0.499. The van der Waals surface area contributed by atoms with E-state index >= 15 is 0 Å². The molecule has 1 aliphatic carbocycles. The van der Waals surface area contributed by atoms with Crippen molar-refractivity contribution in [2.24, 2.45) is 0 Å². The molecule has 0 amide bonds. The standard InChI is InChI=1S/C16H22N6O/c1-2-12-9-13(19-16(18-12)22-7-3-4-8-22)17-10-14-20-15(21-23-14)11-5-6-11/h9,11H,2-8,10H2,1H3,(H,17,18,19). The predicted octanol–water partition coefficient (Wildman–Crippen LogP) is 2.51. The summed E-state index contributed by atoms with van der Waals surface area (Å²) in [6.45, 7) is 4.70. The molecule has 23 heavy (non-hydrogen) atoms. The molecule has 0 spiro atoms. The summed E-state index contributed by atoms with van der Waals surface area (Å²) in [6, 6.07) is 2.00. The van der Waals surface area contributed by atoms with Crippen LogP contribution in [0.5, 0.6) is 0 Å². The Labute approximate surface area is 135 Å². The summed E-state index contributed by atoms with van der Waals surface area (Å²) in [6.07, 6.45) is 5.68. The monoisotopic (exact) mass is 314 g/mol. The fourth-order valence-corrected chi connectivity index (χ4v) is 2.83. The Bertz CT molecular complexity index is 675. The van der Waals surface area contributed by atoms with Crippen LogP contribution in [0, 0.1) is 0 Å². The molecule has 2 aliphatic rings. The highest BCUT2D eigenvalue weighted by atomic mass is 16.5. The van der Waals surface area contributed by atoms with E-state index in [-0.39, 0.29) is 0 Å². The maximum atomic E-state index is 5.30. The molecule has 3 heterocycles. The van der Waals surface area contributed by atoms with E-state index in [1.54, 1.807) is 0 Å². The van der Waals surface area contributed by atoms with E-state index in [2.05, 4.69) is 37.2 Å². The average molecular weight is 314 g/mol. The first-order valence-corrected chi connectivity index (χ1v) is 8.51. The predicted molar refractivity (Wildman–Crippen MR) is 86.5 cm³/mol. The van der Waals surface area contributed by atoms with Gasteiger partial charge in [0.15, 0.2) is 5.82 Å². The zero-order valence-corrected chi connectivity index (χ0v) is 13.5. The molecule has 0 bridgehead atoms. The summed E-state index contributed by atoms with van der Waals surface area (Å²) in [7, 11) is 0. The fourth-order valence-electron chi connectivity index (χ4n) is 2.83. The lowest BCUT2D eigenvalue weighted by atomic mass is 10.3. The molecule has 2 aromatic heterocycles. The number of aryl methyl sites for hydroxylation is 1. The SMILES string of the molecule is CCc1cc(NCc2nc(C3CC3)no2)nc(N2CCCC2)n1. The molecule has 0 aromatic carbocycles. The van der Waals surface area contributed by atoms with Crippen LogP contribution in [-0.2, 0) is 13.0 Å². The van der Waals surface area contributed by atoms with Gasteiger partial charge in [-0.25, -0.2) is 4.98 Å². The summed E-state index contributed by atoms with van der Waals surface area (Å²) in [5.41, 5.74) is 1.05. The second-order valence-electron chi connectivity index (χ2n) is 6.27. The number of aromatic nitrogens is 4. The summed E-state index contributed by atoms with van der Waals surface area (Å²) in [5.74, 6) is 3.63. The molecule has 0 radical (unpaired) electrons. The lowest BCUT2D eigenvalue weighted by molar-refractivity contribution is 0.378. The lowest BCUT2D eigenvalue weighted by Crippen LogP contribution is -2.21. The van der Waals surface area contributed by atoms with Gasteiger partial charge in [0.1, 0.15) is 5.82 Å². The zero-order valence-electron chi connectivity index (χ0n) is 13.5. The van der Waals surface area contributed by atoms with Crippen molar-refractivity contribution in [3.05, 3.63) is 23.5 Å². The van der Waals surface area contributed by atoms with Crippen LogP contribution < -0.4 is 10.2 Å². The minimum absolute atomic E-state index is 0.499. The first kappa shape index (κ1) is 14.4. The molecule has 7 nitrogen and oxygen atoms in total. The third-order valence-corrected chi connectivity index (χ3v) is 4.37. The average Bonchev–Trinajstić information content (AvgIpc) is 3.10. The van der Waals surface area contributed by atoms with Crippen LogP contribution in [-0.4, -0.2) is 33.2 Å². The van der Waals surface area contributed by atoms with Crippen LogP contribution in [0.4, 0.5) is 11.8 Å². The third-order valence-electron chi connectivity index (χ3n) is 4.37. The van der Waals surface area contributed by atoms with Gasteiger partial charge in [0.05, 0.1) is 6.54 Å². The molecule has 4 rings (SSSR count). The van der Waals surface area contributed by atoms with Crippen LogP contribution in [0.2, 0.25) is 0 Å². The lowest BCUT2D eigenvalue weighted by Gasteiger charge is -2.17. The van der Waals surface area contributed by atoms with Gasteiger partial charge in [0.2, 0.25) is 11.8 Å². The number of hydrogen-bond donors (Lipinski definition) is 1. The van der Waals surface area contributed by atoms with Gasteiger partial charge in [0.25, 0.3) is 0 Å². The normalized spacial score (nSPS) is 17.7. The second-order valence-corrected chi connectivity index (χ2v) is 6.27. The van der Waals surface area contributed by atoms with Gasteiger partial charge in [-0.05, 0) is 32.1 Å². The molecular formula is C16H22N6O. The van der Waals surface area contributed by atoms with Crippen LogP contribution >= 0.6 is 0 Å². The van der Waals surface area contributed by atoms with Crippen molar-refractivity contribution in [2.75, 3.05) is 23.3 Å². The van der Waals surface area contributed by atoms with Crippen molar-refractivity contribution in [1.82, 2.24) is 20.1 Å². The van der Waals surface area contributed by atoms with Gasteiger partial charge < -0.3 is 14.7 Å².